The van der Waals surface area contributed by atoms with Crippen molar-refractivity contribution < 1.29 is 14.1 Å². The molecule has 0 saturated carbocycles. The van der Waals surface area contributed by atoms with Crippen LogP contribution in [0.15, 0.2) is 47.0 Å². The Morgan fingerprint density at radius 1 is 1.14 bits per heavy atom. The molecule has 1 aromatic heterocycles. The topological polar surface area (TPSA) is 68.5 Å². The van der Waals surface area contributed by atoms with Crippen molar-refractivity contribution >= 4 is 29.1 Å². The number of carbonyl (C=O) groups excluding carboxylic acids is 1. The van der Waals surface area contributed by atoms with Crippen LogP contribution in [-0.2, 0) is 0 Å². The fourth-order valence-electron chi connectivity index (χ4n) is 3.42. The molecule has 1 fully saturated rings. The summed E-state index contributed by atoms with van der Waals surface area (Å²) in [6.45, 7) is 1.22. The fraction of sp³-hybridized carbons (Fsp3) is 0.286. The van der Waals surface area contributed by atoms with Crippen molar-refractivity contribution in [2.45, 2.75) is 18.8 Å². The second-order valence-corrected chi connectivity index (χ2v) is 7.70. The van der Waals surface area contributed by atoms with Crippen molar-refractivity contribution in [1.82, 2.24) is 15.0 Å². The Labute approximate surface area is 178 Å². The first kappa shape index (κ1) is 19.7. The summed E-state index contributed by atoms with van der Waals surface area (Å²) in [5.74, 6) is 1.95. The number of aromatic nitrogens is 2. The first-order valence-corrected chi connectivity index (χ1v) is 10.0. The van der Waals surface area contributed by atoms with Crippen molar-refractivity contribution in [3.05, 3.63) is 64.0 Å². The Morgan fingerprint density at radius 2 is 1.93 bits per heavy atom. The molecule has 150 valence electrons. The second kappa shape index (κ2) is 8.43. The lowest BCUT2D eigenvalue weighted by atomic mass is 9.96. The SMILES string of the molecule is COc1cccc(-c2noc(C3CCN(C(=O)c4ccc(Cl)c(Cl)c4)CC3)n2)c1. The van der Waals surface area contributed by atoms with Gasteiger partial charge in [0.15, 0.2) is 0 Å². The van der Waals surface area contributed by atoms with Crippen LogP contribution in [0.1, 0.15) is 35.0 Å². The van der Waals surface area contributed by atoms with Crippen molar-refractivity contribution in [1.29, 1.82) is 0 Å². The van der Waals surface area contributed by atoms with Crippen molar-refractivity contribution in [3.63, 3.8) is 0 Å². The summed E-state index contributed by atoms with van der Waals surface area (Å²) >= 11 is 12.0. The van der Waals surface area contributed by atoms with E-state index in [9.17, 15) is 4.79 Å². The third-order valence-electron chi connectivity index (χ3n) is 5.07. The zero-order chi connectivity index (χ0) is 20.4. The highest BCUT2D eigenvalue weighted by atomic mass is 35.5. The van der Waals surface area contributed by atoms with Crippen LogP contribution in [0, 0.1) is 0 Å². The summed E-state index contributed by atoms with van der Waals surface area (Å²) in [4.78, 5) is 19.1. The first-order chi connectivity index (χ1) is 14.0. The first-order valence-electron chi connectivity index (χ1n) is 9.27. The number of ether oxygens (including phenoxy) is 1. The minimum absolute atomic E-state index is 0.0513. The van der Waals surface area contributed by atoms with Gasteiger partial charge in [0.05, 0.1) is 17.2 Å². The number of piperidine rings is 1. The number of benzene rings is 2. The molecule has 0 bridgehead atoms. The highest BCUT2D eigenvalue weighted by Crippen LogP contribution is 2.30. The Balaban J connectivity index is 1.41. The number of carbonyl (C=O) groups is 1. The molecule has 29 heavy (non-hydrogen) atoms. The average Bonchev–Trinajstić information content (AvgIpc) is 3.26. The van der Waals surface area contributed by atoms with Gasteiger partial charge in [0.2, 0.25) is 11.7 Å². The van der Waals surface area contributed by atoms with E-state index in [1.165, 1.54) is 0 Å². The molecule has 0 unspecified atom stereocenters. The Bertz CT molecular complexity index is 1030. The van der Waals surface area contributed by atoms with Crippen molar-refractivity contribution in [2.24, 2.45) is 0 Å². The van der Waals surface area contributed by atoms with Gasteiger partial charge in [0.1, 0.15) is 5.75 Å². The van der Waals surface area contributed by atoms with Gasteiger partial charge in [-0.2, -0.15) is 4.98 Å². The van der Waals surface area contributed by atoms with Gasteiger partial charge < -0.3 is 14.2 Å². The summed E-state index contributed by atoms with van der Waals surface area (Å²) < 4.78 is 10.7. The summed E-state index contributed by atoms with van der Waals surface area (Å²) in [7, 11) is 1.62. The minimum atomic E-state index is -0.0513. The Hall–Kier alpha value is -2.57. The molecule has 4 rings (SSSR count). The predicted molar refractivity (Wildman–Crippen MR) is 111 cm³/mol. The second-order valence-electron chi connectivity index (χ2n) is 6.88. The maximum atomic E-state index is 12.7. The standard InChI is InChI=1S/C21H19Cl2N3O3/c1-28-16-4-2-3-14(11-16)19-24-20(29-25-19)13-7-9-26(10-8-13)21(27)15-5-6-17(22)18(23)12-15/h2-6,11-13H,7-10H2,1H3. The smallest absolute Gasteiger partial charge is 0.253 e. The lowest BCUT2D eigenvalue weighted by Gasteiger charge is -2.30. The van der Waals surface area contributed by atoms with E-state index in [0.717, 1.165) is 24.2 Å². The zero-order valence-corrected chi connectivity index (χ0v) is 17.3. The number of hydrogen-bond acceptors (Lipinski definition) is 5. The van der Waals surface area contributed by atoms with Crippen LogP contribution >= 0.6 is 23.2 Å². The molecule has 3 aromatic rings. The average molecular weight is 432 g/mol. The third-order valence-corrected chi connectivity index (χ3v) is 5.81. The van der Waals surface area contributed by atoms with Gasteiger partial charge in [-0.15, -0.1) is 0 Å². The Kier molecular flexibility index (Phi) is 5.74. The minimum Gasteiger partial charge on any atom is -0.497 e. The number of halogens is 2. The van der Waals surface area contributed by atoms with Gasteiger partial charge in [0, 0.05) is 30.1 Å². The number of hydrogen-bond donors (Lipinski definition) is 0. The predicted octanol–water partition coefficient (Wildman–Crippen LogP) is 5.07. The monoisotopic (exact) mass is 431 g/mol. The normalized spacial score (nSPS) is 14.8. The Morgan fingerprint density at radius 3 is 2.66 bits per heavy atom. The van der Waals surface area contributed by atoms with Gasteiger partial charge >= 0.3 is 0 Å². The van der Waals surface area contributed by atoms with Gasteiger partial charge in [-0.05, 0) is 43.2 Å². The van der Waals surface area contributed by atoms with Crippen LogP contribution < -0.4 is 4.74 Å². The summed E-state index contributed by atoms with van der Waals surface area (Å²) in [6, 6.07) is 12.5. The highest BCUT2D eigenvalue weighted by Gasteiger charge is 2.28. The van der Waals surface area contributed by atoms with E-state index in [2.05, 4.69) is 10.1 Å². The van der Waals surface area contributed by atoms with Crippen LogP contribution in [0.25, 0.3) is 11.4 Å². The maximum Gasteiger partial charge on any atom is 0.253 e. The molecule has 1 aliphatic heterocycles. The number of nitrogens with zero attached hydrogens (tertiary/aromatic N) is 3. The van der Waals surface area contributed by atoms with E-state index in [1.807, 2.05) is 29.2 Å². The van der Waals surface area contributed by atoms with Crippen molar-refractivity contribution in [2.75, 3.05) is 20.2 Å². The molecule has 2 heterocycles. The highest BCUT2D eigenvalue weighted by molar-refractivity contribution is 6.42. The molecule has 0 atom stereocenters. The van der Waals surface area contributed by atoms with E-state index < -0.39 is 0 Å². The zero-order valence-electron chi connectivity index (χ0n) is 15.8. The number of methoxy groups -OCH3 is 1. The van der Waals surface area contributed by atoms with E-state index in [0.29, 0.717) is 40.4 Å². The largest absolute Gasteiger partial charge is 0.497 e. The van der Waals surface area contributed by atoms with Crippen molar-refractivity contribution in [3.8, 4) is 17.1 Å². The molecule has 0 radical (unpaired) electrons. The van der Waals surface area contributed by atoms with Crippen LogP contribution in [0.5, 0.6) is 5.75 Å². The number of rotatable bonds is 4. The summed E-state index contributed by atoms with van der Waals surface area (Å²) in [6.07, 6.45) is 1.51. The van der Waals surface area contributed by atoms with Gasteiger partial charge in [-0.25, -0.2) is 0 Å². The lowest BCUT2D eigenvalue weighted by Crippen LogP contribution is -2.38. The molecule has 0 N–H and O–H groups in total. The van der Waals surface area contributed by atoms with Crippen LogP contribution in [0.4, 0.5) is 0 Å². The fourth-order valence-corrected chi connectivity index (χ4v) is 3.72. The molecular formula is C21H19Cl2N3O3. The molecule has 2 aromatic carbocycles. The molecule has 8 heteroatoms. The van der Waals surface area contributed by atoms with E-state index in [1.54, 1.807) is 25.3 Å². The van der Waals surface area contributed by atoms with Crippen LogP contribution in [0.3, 0.4) is 0 Å². The molecule has 1 saturated heterocycles. The quantitative estimate of drug-likeness (QED) is 0.576. The van der Waals surface area contributed by atoms with E-state index in [-0.39, 0.29) is 11.8 Å². The van der Waals surface area contributed by atoms with Crippen LogP contribution in [-0.4, -0.2) is 41.1 Å². The number of likely N-dealkylation sites (tertiary alicyclic amines) is 1. The molecule has 1 amide bonds. The summed E-state index contributed by atoms with van der Waals surface area (Å²) in [5.41, 5.74) is 1.38. The van der Waals surface area contributed by atoms with Gasteiger partial charge in [-0.3, -0.25) is 4.79 Å². The molecular weight excluding hydrogens is 413 g/mol. The van der Waals surface area contributed by atoms with Gasteiger partial charge in [-0.1, -0.05) is 40.5 Å². The molecule has 1 aliphatic rings. The molecule has 0 aliphatic carbocycles. The molecule has 0 spiro atoms. The van der Waals surface area contributed by atoms with Crippen LogP contribution in [0.2, 0.25) is 10.0 Å². The lowest BCUT2D eigenvalue weighted by molar-refractivity contribution is 0.0704. The van der Waals surface area contributed by atoms with Gasteiger partial charge in [0.25, 0.3) is 5.91 Å². The molecule has 6 nitrogen and oxygen atoms in total. The van der Waals surface area contributed by atoms with E-state index in [4.69, 9.17) is 32.5 Å². The van der Waals surface area contributed by atoms with E-state index >= 15 is 0 Å². The number of amides is 1. The maximum absolute atomic E-state index is 12.7. The summed E-state index contributed by atoms with van der Waals surface area (Å²) in [5, 5.41) is 4.92. The third kappa shape index (κ3) is 4.23.